The molecule has 0 radical (unpaired) electrons. The van der Waals surface area contributed by atoms with E-state index in [0.717, 1.165) is 0 Å². The Balaban J connectivity index is -0.0000000590. The van der Waals surface area contributed by atoms with Gasteiger partial charge in [0.15, 0.2) is 0 Å². The second kappa shape index (κ2) is 10.6. The molecule has 0 aliphatic carbocycles. The predicted octanol–water partition coefficient (Wildman–Crippen LogP) is -1.39. The number of hydrogen-bond donors (Lipinski definition) is 2. The van der Waals surface area contributed by atoms with Gasteiger partial charge in [0.2, 0.25) is 0 Å². The maximum absolute atomic E-state index is 10.2. The van der Waals surface area contributed by atoms with Crippen LogP contribution in [0.4, 0.5) is 26.1 Å². The van der Waals surface area contributed by atoms with Crippen LogP contribution in [0.3, 0.4) is 0 Å². The summed E-state index contributed by atoms with van der Waals surface area (Å²) in [6, 6.07) is 0. The van der Waals surface area contributed by atoms with Gasteiger partial charge in [-0.25, -0.2) is 20.1 Å². The van der Waals surface area contributed by atoms with E-state index in [2.05, 4.69) is 0 Å². The van der Waals surface area contributed by atoms with Crippen molar-refractivity contribution in [1.29, 1.82) is 0 Å². The Hall–Kier alpha value is 0.112. The molecule has 2 N–H and O–H groups in total. The summed E-state index contributed by atoms with van der Waals surface area (Å²) in [6.07, 6.45) is -4.25. The van der Waals surface area contributed by atoms with Gasteiger partial charge in [0.1, 0.15) is 0 Å². The Morgan fingerprint density at radius 2 is 1.07 bits per heavy atom. The maximum Gasteiger partial charge on any atom is 1.00 e. The van der Waals surface area contributed by atoms with Crippen LogP contribution in [0.2, 0.25) is 0 Å². The van der Waals surface area contributed by atoms with Gasteiger partial charge in [-0.2, -0.15) is 8.42 Å². The van der Waals surface area contributed by atoms with E-state index in [1.54, 1.807) is 6.92 Å². The van der Waals surface area contributed by atoms with Crippen LogP contribution < -0.4 is 18.9 Å². The molecule has 88 valence electrons. The van der Waals surface area contributed by atoms with E-state index in [1.165, 1.54) is 0 Å². The Bertz CT molecular complexity index is 199. The van der Waals surface area contributed by atoms with Crippen LogP contribution in [0.25, 0.3) is 0 Å². The van der Waals surface area contributed by atoms with E-state index in [0.29, 0.717) is 0 Å². The minimum Gasteiger partial charge on any atom is -0.264 e. The summed E-state index contributed by atoms with van der Waals surface area (Å²) < 4.78 is 91.3. The Morgan fingerprint density at radius 3 is 1.07 bits per heavy atom. The molecular formula is C2H4BF6LiO4S. The second-order valence-electron chi connectivity index (χ2n) is 1.31. The zero-order valence-electron chi connectivity index (χ0n) is 7.17. The first-order valence-corrected chi connectivity index (χ1v) is 3.67. The van der Waals surface area contributed by atoms with E-state index in [-0.39, 0.29) is 18.9 Å². The molecule has 0 spiro atoms. The maximum atomic E-state index is 10.2. The Morgan fingerprint density at radius 1 is 1.07 bits per heavy atom. The Labute approximate surface area is 94.0 Å². The molecule has 13 heteroatoms. The van der Waals surface area contributed by atoms with Crippen LogP contribution in [-0.4, -0.2) is 31.2 Å². The monoisotopic (exact) mass is 256 g/mol. The van der Waals surface area contributed by atoms with Crippen molar-refractivity contribution in [3.05, 3.63) is 6.92 Å². The molecule has 0 heterocycles. The van der Waals surface area contributed by atoms with Gasteiger partial charge in [0.25, 0.3) is 6.18 Å². The molecule has 0 aliphatic heterocycles. The van der Waals surface area contributed by atoms with Gasteiger partial charge in [0, 0.05) is 0 Å². The average molecular weight is 256 g/mol. The number of hydrogen-bond acceptors (Lipinski definition) is 2. The first-order chi connectivity index (χ1) is 5.73. The van der Waals surface area contributed by atoms with E-state index >= 15 is 0 Å². The minimum atomic E-state index is -4.67. The van der Waals surface area contributed by atoms with E-state index in [1.807, 2.05) is 0 Å². The minimum absolute atomic E-state index is 0. The van der Waals surface area contributed by atoms with E-state index < -0.39 is 24.1 Å². The first-order valence-electron chi connectivity index (χ1n) is 2.27. The van der Waals surface area contributed by atoms with Gasteiger partial charge < -0.3 is 0 Å². The number of alkyl halides is 3. The zero-order chi connectivity index (χ0) is 12.6. The molecule has 0 atom stereocenters. The van der Waals surface area contributed by atoms with Gasteiger partial charge in [-0.15, -0.1) is 0 Å². The Kier molecular flexibility index (Phi) is 17.3. The van der Waals surface area contributed by atoms with Gasteiger partial charge in [0.05, 0.1) is 0 Å². The van der Waals surface area contributed by atoms with Crippen LogP contribution >= 0.6 is 0 Å². The smallest absolute Gasteiger partial charge is 0.264 e. The van der Waals surface area contributed by atoms with Crippen molar-refractivity contribution in [2.45, 2.75) is 6.18 Å². The standard InChI is InChI=1S/C2H2F3.BF3.Li.H2O4S/c1-2(3,4)5;2-1(3)4;;1-5(2,3)4/h1H2;;;(H2,1,2,3,4)/q-1;;+1;. The SMILES string of the molecule is FB(F)F.O=S(=O)(O)O.[CH2-]C(F)(F)F.[Li+]. The molecule has 0 bridgehead atoms. The fourth-order valence-corrected chi connectivity index (χ4v) is 0. The quantitative estimate of drug-likeness (QED) is 0.242. The van der Waals surface area contributed by atoms with Crippen LogP contribution in [0.1, 0.15) is 0 Å². The molecule has 0 fully saturated rings. The van der Waals surface area contributed by atoms with Gasteiger partial charge in [-0.3, -0.25) is 22.1 Å². The third kappa shape index (κ3) is 164000. The molecule has 0 amide bonds. The zero-order valence-corrected chi connectivity index (χ0v) is 7.99. The van der Waals surface area contributed by atoms with Crippen molar-refractivity contribution < 1.29 is 62.5 Å². The third-order valence-electron chi connectivity index (χ3n) is 0. The molecule has 0 aromatic rings. The molecule has 0 rings (SSSR count). The fraction of sp³-hybridized carbons (Fsp3) is 0.500. The molecule has 0 aliphatic rings. The van der Waals surface area contributed by atoms with Gasteiger partial charge in [-0.1, -0.05) is 0 Å². The van der Waals surface area contributed by atoms with Crippen molar-refractivity contribution in [3.8, 4) is 0 Å². The molecule has 15 heavy (non-hydrogen) atoms. The van der Waals surface area contributed by atoms with Crippen molar-refractivity contribution in [2.75, 3.05) is 0 Å². The summed E-state index contributed by atoms with van der Waals surface area (Å²) in [5.41, 5.74) is 0. The van der Waals surface area contributed by atoms with Crippen molar-refractivity contribution >= 4 is 17.9 Å². The van der Waals surface area contributed by atoms with Crippen LogP contribution in [-0.2, 0) is 10.4 Å². The molecule has 0 aromatic carbocycles. The van der Waals surface area contributed by atoms with Crippen LogP contribution in [0.15, 0.2) is 0 Å². The summed E-state index contributed by atoms with van der Waals surface area (Å²) in [5, 5.41) is 0. The summed E-state index contributed by atoms with van der Waals surface area (Å²) in [6.45, 7) is 1.77. The largest absolute Gasteiger partial charge is 1.00 e. The van der Waals surface area contributed by atoms with Gasteiger partial charge >= 0.3 is 36.8 Å². The molecule has 0 saturated carbocycles. The van der Waals surface area contributed by atoms with Crippen molar-refractivity contribution in [2.24, 2.45) is 0 Å². The van der Waals surface area contributed by atoms with Crippen LogP contribution in [0.5, 0.6) is 0 Å². The number of rotatable bonds is 0. The first kappa shape index (κ1) is 24.4. The molecule has 0 saturated heterocycles. The summed E-state index contributed by atoms with van der Waals surface area (Å²) in [5.74, 6) is 0. The van der Waals surface area contributed by atoms with E-state index in [4.69, 9.17) is 17.5 Å². The van der Waals surface area contributed by atoms with Gasteiger partial charge in [-0.05, 0) is 0 Å². The average Bonchev–Trinajstić information content (AvgIpc) is 1.45. The normalized spacial score (nSPS) is 9.67. The van der Waals surface area contributed by atoms with E-state index in [9.17, 15) is 26.1 Å². The summed E-state index contributed by atoms with van der Waals surface area (Å²) >= 11 is 0. The number of halogens is 6. The molecule has 0 unspecified atom stereocenters. The van der Waals surface area contributed by atoms with Crippen LogP contribution in [0, 0.1) is 6.92 Å². The molecule has 4 nitrogen and oxygen atoms in total. The third-order valence-corrected chi connectivity index (χ3v) is 0. The van der Waals surface area contributed by atoms with Crippen molar-refractivity contribution in [1.82, 2.24) is 0 Å². The molecular weight excluding hydrogens is 252 g/mol. The predicted molar refractivity (Wildman–Crippen MR) is 34.7 cm³/mol. The fourth-order valence-electron chi connectivity index (χ4n) is 0. The molecule has 0 aromatic heterocycles. The van der Waals surface area contributed by atoms with Crippen molar-refractivity contribution in [3.63, 3.8) is 0 Å². The second-order valence-corrected chi connectivity index (χ2v) is 2.21. The summed E-state index contributed by atoms with van der Waals surface area (Å²) in [7, 11) is -8.33. The summed E-state index contributed by atoms with van der Waals surface area (Å²) in [4.78, 5) is 0. The topological polar surface area (TPSA) is 74.6 Å².